The molecule has 1 atom stereocenters. The van der Waals surface area contributed by atoms with E-state index in [4.69, 9.17) is 9.84 Å². The van der Waals surface area contributed by atoms with Crippen molar-refractivity contribution in [2.45, 2.75) is 24.7 Å². The third-order valence-corrected chi connectivity index (χ3v) is 6.47. The fraction of sp³-hybridized carbons (Fsp3) is 0.556. The van der Waals surface area contributed by atoms with Crippen LogP contribution in [0.25, 0.3) is 0 Å². The maximum atomic E-state index is 12.6. The van der Waals surface area contributed by atoms with Crippen molar-refractivity contribution in [2.24, 2.45) is 5.92 Å². The van der Waals surface area contributed by atoms with Gasteiger partial charge >= 0.3 is 5.97 Å². The maximum Gasteiger partial charge on any atom is 0.308 e. The summed E-state index contributed by atoms with van der Waals surface area (Å²) in [7, 11) is -1.94. The highest BCUT2D eigenvalue weighted by Crippen LogP contribution is 2.18. The zero-order valence-corrected chi connectivity index (χ0v) is 16.4. The molecule has 1 heterocycles. The first-order valence-corrected chi connectivity index (χ1v) is 10.3. The van der Waals surface area contributed by atoms with Gasteiger partial charge in [0.2, 0.25) is 15.9 Å². The number of hydrogen-bond acceptors (Lipinski definition) is 5. The third-order valence-electron chi connectivity index (χ3n) is 4.55. The number of hydrogen-bond donors (Lipinski definition) is 1. The smallest absolute Gasteiger partial charge is 0.308 e. The van der Waals surface area contributed by atoms with E-state index in [2.05, 4.69) is 0 Å². The molecule has 0 spiro atoms. The average molecular weight is 398 g/mol. The van der Waals surface area contributed by atoms with E-state index in [1.54, 1.807) is 38.2 Å². The molecule has 9 heteroatoms. The molecule has 1 aromatic rings. The molecule has 1 amide bonds. The molecule has 8 nitrogen and oxygen atoms in total. The molecule has 0 bridgehead atoms. The molecule has 0 aliphatic carbocycles. The summed E-state index contributed by atoms with van der Waals surface area (Å²) >= 11 is 0. The number of carboxylic acids is 1. The van der Waals surface area contributed by atoms with Crippen LogP contribution in [0.1, 0.15) is 18.9 Å². The molecule has 1 unspecified atom stereocenters. The van der Waals surface area contributed by atoms with Crippen molar-refractivity contribution in [1.29, 1.82) is 0 Å². The second-order valence-electron chi connectivity index (χ2n) is 6.67. The second-order valence-corrected chi connectivity index (χ2v) is 8.61. The molecular formula is C18H26N2O6S. The molecule has 0 aromatic heterocycles. The minimum atomic E-state index is -3.52. The molecule has 1 aliphatic heterocycles. The Balaban J connectivity index is 1.91. The Morgan fingerprint density at radius 2 is 1.81 bits per heavy atom. The largest absolute Gasteiger partial charge is 0.481 e. The van der Waals surface area contributed by atoms with Crippen LogP contribution < -0.4 is 0 Å². The zero-order valence-electron chi connectivity index (χ0n) is 15.6. The fourth-order valence-electron chi connectivity index (χ4n) is 2.80. The Morgan fingerprint density at radius 3 is 2.37 bits per heavy atom. The topological polar surface area (TPSA) is 104 Å². The first-order valence-electron chi connectivity index (χ1n) is 8.85. The van der Waals surface area contributed by atoms with E-state index in [1.165, 1.54) is 9.21 Å². The van der Waals surface area contributed by atoms with Crippen molar-refractivity contribution >= 4 is 21.9 Å². The minimum absolute atomic E-state index is 0.145. The number of nitrogens with zero attached hydrogens (tertiary/aromatic N) is 2. The highest BCUT2D eigenvalue weighted by Gasteiger charge is 2.26. The van der Waals surface area contributed by atoms with E-state index in [-0.39, 0.29) is 23.8 Å². The summed E-state index contributed by atoms with van der Waals surface area (Å²) in [5, 5.41) is 8.91. The average Bonchev–Trinajstić information content (AvgIpc) is 2.66. The Bertz CT molecular complexity index is 757. The molecule has 1 aromatic carbocycles. The lowest BCUT2D eigenvalue weighted by molar-refractivity contribution is -0.142. The summed E-state index contributed by atoms with van der Waals surface area (Å²) in [6.07, 6.45) is 0.695. The van der Waals surface area contributed by atoms with Gasteiger partial charge in [0.05, 0.1) is 24.0 Å². The Hall–Kier alpha value is -1.97. The summed E-state index contributed by atoms with van der Waals surface area (Å²) in [6, 6.07) is 6.53. The maximum absolute atomic E-state index is 12.6. The number of ether oxygens (including phenoxy) is 1. The number of aliphatic carboxylic acids is 1. The molecule has 150 valence electrons. The molecule has 1 saturated heterocycles. The summed E-state index contributed by atoms with van der Waals surface area (Å²) in [5.41, 5.74) is 0.851. The van der Waals surface area contributed by atoms with Gasteiger partial charge in [-0.25, -0.2) is 8.42 Å². The number of carbonyl (C=O) groups excluding carboxylic acids is 1. The van der Waals surface area contributed by atoms with E-state index < -0.39 is 21.9 Å². The number of benzene rings is 1. The van der Waals surface area contributed by atoms with Gasteiger partial charge < -0.3 is 14.7 Å². The third kappa shape index (κ3) is 5.75. The van der Waals surface area contributed by atoms with Crippen LogP contribution in [-0.4, -0.2) is 74.5 Å². The first kappa shape index (κ1) is 21.3. The molecule has 1 fully saturated rings. The van der Waals surface area contributed by atoms with Gasteiger partial charge in [-0.2, -0.15) is 4.31 Å². The van der Waals surface area contributed by atoms with Crippen LogP contribution in [0.3, 0.4) is 0 Å². The lowest BCUT2D eigenvalue weighted by Gasteiger charge is -2.26. The number of sulfonamides is 1. The van der Waals surface area contributed by atoms with Gasteiger partial charge in [-0.05, 0) is 24.1 Å². The van der Waals surface area contributed by atoms with E-state index in [9.17, 15) is 18.0 Å². The van der Waals surface area contributed by atoms with Gasteiger partial charge in [-0.3, -0.25) is 9.59 Å². The van der Waals surface area contributed by atoms with Crippen LogP contribution in [0.4, 0.5) is 0 Å². The van der Waals surface area contributed by atoms with Crippen LogP contribution in [0.15, 0.2) is 29.2 Å². The number of carboxylic acid groups (broad SMARTS) is 1. The number of rotatable bonds is 8. The van der Waals surface area contributed by atoms with Crippen molar-refractivity contribution in [3.63, 3.8) is 0 Å². The van der Waals surface area contributed by atoms with Crippen LogP contribution in [0, 0.1) is 5.92 Å². The number of aryl methyl sites for hydroxylation is 1. The predicted octanol–water partition coefficient (Wildman–Crippen LogP) is 0.819. The standard InChI is InChI=1S/C18H26N2O6S/c1-14(18(22)23)13-19(2)17(21)8-5-15-3-6-16(7-4-15)27(24,25)20-9-11-26-12-10-20/h3-4,6-7,14H,5,8-13H2,1-2H3,(H,22,23). The highest BCUT2D eigenvalue weighted by molar-refractivity contribution is 7.89. The number of carbonyl (C=O) groups is 2. The van der Waals surface area contributed by atoms with Crippen LogP contribution in [0.5, 0.6) is 0 Å². The quantitative estimate of drug-likeness (QED) is 0.695. The normalized spacial score (nSPS) is 16.7. The predicted molar refractivity (Wildman–Crippen MR) is 98.8 cm³/mol. The minimum Gasteiger partial charge on any atom is -0.481 e. The molecule has 2 rings (SSSR count). The monoisotopic (exact) mass is 398 g/mol. The fourth-order valence-corrected chi connectivity index (χ4v) is 4.20. The summed E-state index contributed by atoms with van der Waals surface area (Å²) < 4.78 is 31.7. The lowest BCUT2D eigenvalue weighted by atomic mass is 10.1. The molecule has 1 N–H and O–H groups in total. The van der Waals surface area contributed by atoms with Gasteiger partial charge in [0.25, 0.3) is 0 Å². The Labute approximate surface area is 159 Å². The SMILES string of the molecule is CC(CN(C)C(=O)CCc1ccc(S(=O)(=O)N2CCOCC2)cc1)C(=O)O. The van der Waals surface area contributed by atoms with Gasteiger partial charge in [-0.1, -0.05) is 19.1 Å². The van der Waals surface area contributed by atoms with Gasteiger partial charge in [0.1, 0.15) is 0 Å². The van der Waals surface area contributed by atoms with E-state index in [0.29, 0.717) is 32.7 Å². The number of amides is 1. The highest BCUT2D eigenvalue weighted by atomic mass is 32.2. The Morgan fingerprint density at radius 1 is 1.22 bits per heavy atom. The van der Waals surface area contributed by atoms with E-state index in [0.717, 1.165) is 5.56 Å². The van der Waals surface area contributed by atoms with Crippen LogP contribution in [0.2, 0.25) is 0 Å². The van der Waals surface area contributed by atoms with Crippen LogP contribution >= 0.6 is 0 Å². The lowest BCUT2D eigenvalue weighted by Crippen LogP contribution is -2.40. The Kier molecular flexibility index (Phi) is 7.34. The van der Waals surface area contributed by atoms with Crippen molar-refractivity contribution in [3.8, 4) is 0 Å². The molecule has 1 aliphatic rings. The molecular weight excluding hydrogens is 372 g/mol. The zero-order chi connectivity index (χ0) is 20.0. The van der Waals surface area contributed by atoms with Crippen molar-refractivity contribution in [2.75, 3.05) is 39.9 Å². The van der Waals surface area contributed by atoms with Crippen molar-refractivity contribution in [1.82, 2.24) is 9.21 Å². The van der Waals surface area contributed by atoms with Gasteiger partial charge in [-0.15, -0.1) is 0 Å². The van der Waals surface area contributed by atoms with E-state index in [1.807, 2.05) is 0 Å². The number of morpholine rings is 1. The first-order chi connectivity index (χ1) is 12.7. The van der Waals surface area contributed by atoms with Crippen molar-refractivity contribution < 1.29 is 27.9 Å². The molecule has 0 saturated carbocycles. The van der Waals surface area contributed by atoms with Gasteiger partial charge in [0, 0.05) is 33.1 Å². The molecule has 27 heavy (non-hydrogen) atoms. The van der Waals surface area contributed by atoms with Crippen LogP contribution in [-0.2, 0) is 30.8 Å². The second kappa shape index (κ2) is 9.29. The summed E-state index contributed by atoms with van der Waals surface area (Å²) in [4.78, 5) is 24.6. The van der Waals surface area contributed by atoms with E-state index >= 15 is 0 Å². The molecule has 0 radical (unpaired) electrons. The van der Waals surface area contributed by atoms with Gasteiger partial charge in [0.15, 0.2) is 0 Å². The summed E-state index contributed by atoms with van der Waals surface area (Å²) in [6.45, 7) is 3.20. The van der Waals surface area contributed by atoms with Crippen molar-refractivity contribution in [3.05, 3.63) is 29.8 Å². The summed E-state index contributed by atoms with van der Waals surface area (Å²) in [5.74, 6) is -1.71.